The zero-order valence-electron chi connectivity index (χ0n) is 19.7. The number of rotatable bonds is 2. The van der Waals surface area contributed by atoms with Crippen molar-refractivity contribution in [3.8, 4) is 22.3 Å². The first-order valence-corrected chi connectivity index (χ1v) is 13.5. The number of halogens is 2. The molecule has 0 fully saturated rings. The van der Waals surface area contributed by atoms with Crippen molar-refractivity contribution < 1.29 is 0 Å². The van der Waals surface area contributed by atoms with Gasteiger partial charge in [-0.2, -0.15) is 0 Å². The average molecular weight is 557 g/mol. The lowest BCUT2D eigenvalue weighted by Crippen LogP contribution is -1.92. The molecule has 0 N–H and O–H groups in total. The van der Waals surface area contributed by atoms with Gasteiger partial charge in [0.25, 0.3) is 0 Å². The maximum atomic E-state index is 6.29. The zero-order chi connectivity index (χ0) is 24.7. The molecule has 0 aliphatic carbocycles. The van der Waals surface area contributed by atoms with Crippen LogP contribution in [-0.2, 0) is 0 Å². The van der Waals surface area contributed by atoms with Gasteiger partial charge < -0.3 is 4.40 Å². The van der Waals surface area contributed by atoms with Crippen LogP contribution in [0.5, 0.6) is 0 Å². The van der Waals surface area contributed by atoms with E-state index in [2.05, 4.69) is 123 Å². The Bertz CT molecular complexity index is 2130. The molecule has 0 saturated heterocycles. The molecule has 0 aliphatic heterocycles. The largest absolute Gasteiger partial charge is 0.308 e. The van der Waals surface area contributed by atoms with Gasteiger partial charge in [-0.1, -0.05) is 112 Å². The summed E-state index contributed by atoms with van der Waals surface area (Å²) in [6, 6.07) is 41.6. The summed E-state index contributed by atoms with van der Waals surface area (Å²) in [5.74, 6) is 0. The van der Waals surface area contributed by atoms with E-state index in [4.69, 9.17) is 11.6 Å². The third-order valence-electron chi connectivity index (χ3n) is 7.62. The molecule has 1 nitrogen and oxygen atoms in total. The van der Waals surface area contributed by atoms with Crippen molar-refractivity contribution in [1.29, 1.82) is 0 Å². The van der Waals surface area contributed by atoms with E-state index in [-0.39, 0.29) is 0 Å². The van der Waals surface area contributed by atoms with E-state index >= 15 is 0 Å². The molecule has 37 heavy (non-hydrogen) atoms. The number of para-hydroxylation sites is 1. The lowest BCUT2D eigenvalue weighted by molar-refractivity contribution is 1.35. The van der Waals surface area contributed by atoms with E-state index in [1.54, 1.807) is 0 Å². The summed E-state index contributed by atoms with van der Waals surface area (Å²) in [6.45, 7) is 0. The first-order chi connectivity index (χ1) is 18.2. The quantitative estimate of drug-likeness (QED) is 0.147. The number of hydrogen-bond donors (Lipinski definition) is 0. The third kappa shape index (κ3) is 3.10. The highest BCUT2D eigenvalue weighted by molar-refractivity contribution is 9.10. The van der Waals surface area contributed by atoms with Crippen molar-refractivity contribution in [3.63, 3.8) is 0 Å². The molecule has 0 amide bonds. The second kappa shape index (κ2) is 7.82. The van der Waals surface area contributed by atoms with E-state index in [1.165, 1.54) is 60.0 Å². The summed E-state index contributed by atoms with van der Waals surface area (Å²) in [5, 5.41) is 8.54. The highest BCUT2D eigenvalue weighted by Crippen LogP contribution is 2.42. The van der Waals surface area contributed by atoms with Gasteiger partial charge in [0.15, 0.2) is 0 Å². The van der Waals surface area contributed by atoms with E-state index in [9.17, 15) is 0 Å². The summed E-state index contributed by atoms with van der Waals surface area (Å²) in [5.41, 5.74) is 8.43. The Balaban J connectivity index is 1.38. The highest BCUT2D eigenvalue weighted by Gasteiger charge is 2.18. The van der Waals surface area contributed by atoms with E-state index in [0.29, 0.717) is 0 Å². The zero-order valence-corrected chi connectivity index (χ0v) is 22.0. The van der Waals surface area contributed by atoms with Crippen LogP contribution in [0, 0.1) is 0 Å². The number of benzene rings is 6. The Morgan fingerprint density at radius 2 is 1.22 bits per heavy atom. The molecular weight excluding hydrogens is 538 g/mol. The van der Waals surface area contributed by atoms with Crippen LogP contribution in [-0.4, -0.2) is 4.40 Å². The van der Waals surface area contributed by atoms with Crippen LogP contribution >= 0.6 is 27.5 Å². The number of nitrogens with zero attached hydrogens (tertiary/aromatic N) is 1. The van der Waals surface area contributed by atoms with Crippen molar-refractivity contribution in [2.45, 2.75) is 0 Å². The molecule has 8 aromatic rings. The van der Waals surface area contributed by atoms with Gasteiger partial charge in [-0.25, -0.2) is 0 Å². The summed E-state index contributed by atoms with van der Waals surface area (Å²) >= 11 is 9.84. The van der Waals surface area contributed by atoms with Gasteiger partial charge in [0.1, 0.15) is 0 Å². The normalized spacial score (nSPS) is 12.1. The molecule has 0 radical (unpaired) electrons. The van der Waals surface area contributed by atoms with Crippen LogP contribution in [0.2, 0.25) is 5.02 Å². The Hall–Kier alpha value is -3.85. The van der Waals surface area contributed by atoms with Gasteiger partial charge in [-0.3, -0.25) is 0 Å². The van der Waals surface area contributed by atoms with E-state index < -0.39 is 0 Å². The Morgan fingerprint density at radius 1 is 0.514 bits per heavy atom. The van der Waals surface area contributed by atoms with Crippen molar-refractivity contribution in [2.75, 3.05) is 0 Å². The summed E-state index contributed by atoms with van der Waals surface area (Å²) in [6.07, 6.45) is 0. The predicted molar refractivity (Wildman–Crippen MR) is 162 cm³/mol. The molecule has 0 saturated carbocycles. The Labute approximate surface area is 227 Å². The molecule has 3 heteroatoms. The molecule has 174 valence electrons. The second-order valence-electron chi connectivity index (χ2n) is 9.69. The fraction of sp³-hybridized carbons (Fsp3) is 0. The molecule has 2 aromatic heterocycles. The Kier molecular flexibility index (Phi) is 4.49. The van der Waals surface area contributed by atoms with Gasteiger partial charge in [0.2, 0.25) is 0 Å². The number of fused-ring (bicyclic) bond motifs is 6. The number of hydrogen-bond acceptors (Lipinski definition) is 0. The van der Waals surface area contributed by atoms with Crippen LogP contribution in [0.25, 0.3) is 71.1 Å². The van der Waals surface area contributed by atoms with Crippen LogP contribution in [0.15, 0.2) is 120 Å². The third-order valence-corrected chi connectivity index (χ3v) is 8.30. The smallest absolute Gasteiger partial charge is 0.0625 e. The van der Waals surface area contributed by atoms with Crippen LogP contribution in [0.3, 0.4) is 0 Å². The fourth-order valence-corrected chi connectivity index (χ4v) is 6.86. The molecule has 0 spiro atoms. The van der Waals surface area contributed by atoms with Crippen molar-refractivity contribution in [1.82, 2.24) is 4.40 Å². The molecule has 8 rings (SSSR count). The highest BCUT2D eigenvalue weighted by atomic mass is 79.9. The lowest BCUT2D eigenvalue weighted by atomic mass is 9.98. The minimum absolute atomic E-state index is 0.726. The maximum absolute atomic E-state index is 6.29. The molecular formula is C34H19BrClN. The van der Waals surface area contributed by atoms with Gasteiger partial charge in [-0.05, 0) is 63.4 Å². The van der Waals surface area contributed by atoms with Gasteiger partial charge in [0.05, 0.1) is 16.6 Å². The number of pyridine rings is 1. The van der Waals surface area contributed by atoms with Gasteiger partial charge >= 0.3 is 0 Å². The Morgan fingerprint density at radius 3 is 2.05 bits per heavy atom. The minimum atomic E-state index is 0.726. The van der Waals surface area contributed by atoms with E-state index in [0.717, 1.165) is 20.6 Å². The van der Waals surface area contributed by atoms with Gasteiger partial charge in [0, 0.05) is 31.0 Å². The van der Waals surface area contributed by atoms with Crippen molar-refractivity contribution in [2.24, 2.45) is 0 Å². The SMILES string of the molecule is Clc1cc(Br)cc(-c2ccc(-c3ccc4c5ccc6cccc7c8ccccc8n(c4c3)c5c67)cc2)c1. The minimum Gasteiger partial charge on any atom is -0.308 e. The predicted octanol–water partition coefficient (Wildman–Crippen LogP) is 10.7. The lowest BCUT2D eigenvalue weighted by Gasteiger charge is -2.12. The van der Waals surface area contributed by atoms with Crippen molar-refractivity contribution >= 4 is 76.4 Å². The topological polar surface area (TPSA) is 4.41 Å². The van der Waals surface area contributed by atoms with Gasteiger partial charge in [-0.15, -0.1) is 0 Å². The summed E-state index contributed by atoms with van der Waals surface area (Å²) in [4.78, 5) is 0. The van der Waals surface area contributed by atoms with E-state index in [1.807, 2.05) is 12.1 Å². The summed E-state index contributed by atoms with van der Waals surface area (Å²) < 4.78 is 3.45. The van der Waals surface area contributed by atoms with Crippen molar-refractivity contribution in [3.05, 3.63) is 125 Å². The first kappa shape index (κ1) is 21.3. The van der Waals surface area contributed by atoms with Crippen LogP contribution < -0.4 is 0 Å². The number of aromatic nitrogens is 1. The first-order valence-electron chi connectivity index (χ1n) is 12.3. The molecule has 6 aromatic carbocycles. The standard InChI is InChI=1S/C34H19BrClN/c35-25-16-24(17-26(36)19-25)21-10-8-20(9-11-21)23-13-14-28-30-15-12-22-4-3-6-29-27-5-1-2-7-31(27)37(32(28)18-23)34(30)33(22)29/h1-19H. The molecule has 0 aliphatic rings. The molecule has 2 heterocycles. The molecule has 0 unspecified atom stereocenters. The fourth-order valence-electron chi connectivity index (χ4n) is 6.00. The second-order valence-corrected chi connectivity index (χ2v) is 11.0. The molecule has 0 atom stereocenters. The molecule has 0 bridgehead atoms. The monoisotopic (exact) mass is 555 g/mol. The maximum Gasteiger partial charge on any atom is 0.0625 e. The van der Waals surface area contributed by atoms with Crippen LogP contribution in [0.4, 0.5) is 0 Å². The summed E-state index contributed by atoms with van der Waals surface area (Å²) in [7, 11) is 0. The average Bonchev–Trinajstić information content (AvgIpc) is 3.27. The van der Waals surface area contributed by atoms with Crippen LogP contribution in [0.1, 0.15) is 0 Å².